The predicted octanol–water partition coefficient (Wildman–Crippen LogP) is 3.43. The Kier molecular flexibility index (Phi) is 4.27. The number of aryl methyl sites for hydroxylation is 2. The molecule has 0 N–H and O–H groups in total. The smallest absolute Gasteiger partial charge is 0.243 e. The maximum absolute atomic E-state index is 13.3. The normalized spacial score (nSPS) is 27.3. The first-order valence-corrected chi connectivity index (χ1v) is 9.75. The Bertz CT molecular complexity index is 683. The lowest BCUT2D eigenvalue weighted by Crippen LogP contribution is -2.60. The minimum Gasteiger partial charge on any atom is -0.496 e. The number of nitrogens with zero attached hydrogens (tertiary/aromatic N) is 2. The summed E-state index contributed by atoms with van der Waals surface area (Å²) < 4.78 is 5.45. The van der Waals surface area contributed by atoms with Crippen LogP contribution < -0.4 is 4.74 Å². The molecule has 0 aromatic heterocycles. The number of carbonyl (C=O) groups excluding carboxylic acids is 1. The van der Waals surface area contributed by atoms with E-state index >= 15 is 0 Å². The second-order valence-corrected chi connectivity index (χ2v) is 8.14. The van der Waals surface area contributed by atoms with Gasteiger partial charge in [-0.15, -0.1) is 0 Å². The van der Waals surface area contributed by atoms with Gasteiger partial charge in [-0.3, -0.25) is 9.69 Å². The number of piperidine rings is 1. The zero-order valence-corrected chi connectivity index (χ0v) is 15.8. The van der Waals surface area contributed by atoms with E-state index in [9.17, 15) is 4.79 Å². The van der Waals surface area contributed by atoms with Gasteiger partial charge in [0.1, 0.15) is 11.3 Å². The molecule has 25 heavy (non-hydrogen) atoms. The molecule has 1 atom stereocenters. The lowest BCUT2D eigenvalue weighted by molar-refractivity contribution is -0.148. The van der Waals surface area contributed by atoms with E-state index in [-0.39, 0.29) is 5.54 Å². The molecule has 1 unspecified atom stereocenters. The topological polar surface area (TPSA) is 32.8 Å². The summed E-state index contributed by atoms with van der Waals surface area (Å²) in [7, 11) is 1.73. The highest BCUT2D eigenvalue weighted by molar-refractivity contribution is 5.88. The number of benzene rings is 1. The Morgan fingerprint density at radius 3 is 2.52 bits per heavy atom. The van der Waals surface area contributed by atoms with E-state index in [1.165, 1.54) is 29.5 Å². The molecule has 4 heteroatoms. The van der Waals surface area contributed by atoms with Gasteiger partial charge in [0.25, 0.3) is 0 Å². The summed E-state index contributed by atoms with van der Waals surface area (Å²) in [5.74, 6) is 1.37. The molecule has 4 rings (SSSR count). The fourth-order valence-electron chi connectivity index (χ4n) is 4.89. The lowest BCUT2D eigenvalue weighted by Gasteiger charge is -2.45. The average molecular weight is 342 g/mol. The number of hydrogen-bond acceptors (Lipinski definition) is 3. The molecule has 1 aromatic rings. The fourth-order valence-corrected chi connectivity index (χ4v) is 4.89. The maximum Gasteiger partial charge on any atom is 0.243 e. The standard InChI is InChI=1S/C21H30N2O2/c1-15-13-19(25-3)16(2)12-17(15)14-22-10-4-8-21(22)9-5-11-23(20(21)24)18-6-7-18/h12-13,18H,4-11,14H2,1-3H3. The van der Waals surface area contributed by atoms with Gasteiger partial charge in [-0.1, -0.05) is 6.07 Å². The quantitative estimate of drug-likeness (QED) is 0.840. The second kappa shape index (κ2) is 6.31. The molecular weight excluding hydrogens is 312 g/mol. The zero-order chi connectivity index (χ0) is 17.6. The minimum absolute atomic E-state index is 0.235. The van der Waals surface area contributed by atoms with Crippen molar-refractivity contribution in [2.24, 2.45) is 0 Å². The van der Waals surface area contributed by atoms with E-state index in [1.807, 2.05) is 0 Å². The number of carbonyl (C=O) groups is 1. The molecule has 1 aromatic carbocycles. The van der Waals surface area contributed by atoms with E-state index in [1.54, 1.807) is 7.11 Å². The third-order valence-corrected chi connectivity index (χ3v) is 6.47. The van der Waals surface area contributed by atoms with Crippen molar-refractivity contribution in [3.63, 3.8) is 0 Å². The van der Waals surface area contributed by atoms with Gasteiger partial charge in [0.05, 0.1) is 7.11 Å². The van der Waals surface area contributed by atoms with Crippen molar-refractivity contribution in [3.05, 3.63) is 28.8 Å². The number of rotatable bonds is 4. The second-order valence-electron chi connectivity index (χ2n) is 8.14. The summed E-state index contributed by atoms with van der Waals surface area (Å²) in [5, 5.41) is 0. The van der Waals surface area contributed by atoms with Crippen LogP contribution in [0.15, 0.2) is 12.1 Å². The van der Waals surface area contributed by atoms with Crippen LogP contribution in [0.5, 0.6) is 5.75 Å². The van der Waals surface area contributed by atoms with Crippen LogP contribution in [0.1, 0.15) is 55.2 Å². The summed E-state index contributed by atoms with van der Waals surface area (Å²) in [4.78, 5) is 18.0. The number of ether oxygens (including phenoxy) is 1. The molecule has 3 aliphatic rings. The van der Waals surface area contributed by atoms with E-state index in [0.29, 0.717) is 11.9 Å². The summed E-state index contributed by atoms with van der Waals surface area (Å²) in [5.41, 5.74) is 3.52. The predicted molar refractivity (Wildman–Crippen MR) is 98.8 cm³/mol. The highest BCUT2D eigenvalue weighted by Gasteiger charge is 2.52. The summed E-state index contributed by atoms with van der Waals surface area (Å²) in [6.45, 7) is 7.14. The number of likely N-dealkylation sites (tertiary alicyclic amines) is 2. The van der Waals surface area contributed by atoms with Gasteiger partial charge < -0.3 is 9.64 Å². The van der Waals surface area contributed by atoms with E-state index < -0.39 is 0 Å². The van der Waals surface area contributed by atoms with E-state index in [2.05, 4.69) is 35.8 Å². The van der Waals surface area contributed by atoms with Crippen LogP contribution in [0.2, 0.25) is 0 Å². The van der Waals surface area contributed by atoms with Gasteiger partial charge in [0.15, 0.2) is 0 Å². The number of hydrogen-bond donors (Lipinski definition) is 0. The first kappa shape index (κ1) is 16.9. The Labute approximate surface area is 151 Å². The highest BCUT2D eigenvalue weighted by Crippen LogP contribution is 2.42. The molecule has 0 bridgehead atoms. The minimum atomic E-state index is -0.235. The van der Waals surface area contributed by atoms with Crippen molar-refractivity contribution in [2.45, 2.75) is 70.5 Å². The SMILES string of the molecule is COc1cc(C)c(CN2CCCC23CCCN(C2CC2)C3=O)cc1C. The zero-order valence-electron chi connectivity index (χ0n) is 15.8. The molecule has 2 aliphatic heterocycles. The van der Waals surface area contributed by atoms with Gasteiger partial charge in [0.2, 0.25) is 5.91 Å². The summed E-state index contributed by atoms with van der Waals surface area (Å²) in [6.07, 6.45) is 6.77. The van der Waals surface area contributed by atoms with Crippen LogP contribution in [-0.2, 0) is 11.3 Å². The first-order valence-electron chi connectivity index (χ1n) is 9.75. The van der Waals surface area contributed by atoms with Crippen LogP contribution in [0.3, 0.4) is 0 Å². The third-order valence-electron chi connectivity index (χ3n) is 6.47. The van der Waals surface area contributed by atoms with E-state index in [4.69, 9.17) is 4.74 Å². The van der Waals surface area contributed by atoms with Gasteiger partial charge in [-0.05, 0) is 81.7 Å². The maximum atomic E-state index is 13.3. The Hall–Kier alpha value is -1.55. The Balaban J connectivity index is 1.59. The molecule has 1 spiro atoms. The number of amides is 1. The fraction of sp³-hybridized carbons (Fsp3) is 0.667. The van der Waals surface area contributed by atoms with Crippen molar-refractivity contribution in [3.8, 4) is 5.75 Å². The van der Waals surface area contributed by atoms with Gasteiger partial charge in [-0.2, -0.15) is 0 Å². The van der Waals surface area contributed by atoms with E-state index in [0.717, 1.165) is 51.1 Å². The van der Waals surface area contributed by atoms with Crippen molar-refractivity contribution in [2.75, 3.05) is 20.2 Å². The molecule has 4 nitrogen and oxygen atoms in total. The van der Waals surface area contributed by atoms with Crippen molar-refractivity contribution >= 4 is 5.91 Å². The molecule has 2 heterocycles. The van der Waals surface area contributed by atoms with Gasteiger partial charge >= 0.3 is 0 Å². The van der Waals surface area contributed by atoms with Crippen LogP contribution in [0.4, 0.5) is 0 Å². The Morgan fingerprint density at radius 2 is 1.84 bits per heavy atom. The third kappa shape index (κ3) is 2.84. The largest absolute Gasteiger partial charge is 0.496 e. The van der Waals surface area contributed by atoms with Gasteiger partial charge in [-0.25, -0.2) is 0 Å². The molecular formula is C21H30N2O2. The molecule has 1 aliphatic carbocycles. The molecule has 1 saturated carbocycles. The molecule has 3 fully saturated rings. The molecule has 2 saturated heterocycles. The molecule has 136 valence electrons. The highest BCUT2D eigenvalue weighted by atomic mass is 16.5. The van der Waals surface area contributed by atoms with Crippen molar-refractivity contribution in [1.82, 2.24) is 9.80 Å². The van der Waals surface area contributed by atoms with Gasteiger partial charge in [0, 0.05) is 19.1 Å². The van der Waals surface area contributed by atoms with Crippen LogP contribution >= 0.6 is 0 Å². The lowest BCUT2D eigenvalue weighted by atomic mass is 9.84. The summed E-state index contributed by atoms with van der Waals surface area (Å²) >= 11 is 0. The monoisotopic (exact) mass is 342 g/mol. The van der Waals surface area contributed by atoms with Crippen LogP contribution in [0.25, 0.3) is 0 Å². The van der Waals surface area contributed by atoms with Crippen molar-refractivity contribution in [1.29, 1.82) is 0 Å². The number of methoxy groups -OCH3 is 1. The van der Waals surface area contributed by atoms with Crippen LogP contribution in [0, 0.1) is 13.8 Å². The van der Waals surface area contributed by atoms with Crippen LogP contribution in [-0.4, -0.2) is 47.5 Å². The molecule has 1 amide bonds. The first-order chi connectivity index (χ1) is 12.0. The molecule has 0 radical (unpaired) electrons. The average Bonchev–Trinajstić information content (AvgIpc) is 3.36. The summed E-state index contributed by atoms with van der Waals surface area (Å²) in [6, 6.07) is 4.91. The van der Waals surface area contributed by atoms with Crippen molar-refractivity contribution < 1.29 is 9.53 Å². The Morgan fingerprint density at radius 1 is 1.12 bits per heavy atom.